The Bertz CT molecular complexity index is 909. The van der Waals surface area contributed by atoms with Crippen LogP contribution in [0.25, 0.3) is 11.1 Å². The fourth-order valence-corrected chi connectivity index (χ4v) is 2.65. The molecule has 0 unspecified atom stereocenters. The van der Waals surface area contributed by atoms with E-state index >= 15 is 0 Å². The minimum Gasteiger partial charge on any atom is -0.472 e. The van der Waals surface area contributed by atoms with Gasteiger partial charge in [0.05, 0.1) is 12.5 Å². The molecule has 132 valence electrons. The number of rotatable bonds is 5. The molecule has 2 N–H and O–H groups in total. The minimum absolute atomic E-state index is 0.235. The molecule has 0 aliphatic carbocycles. The molecule has 1 aliphatic heterocycles. The van der Waals surface area contributed by atoms with Crippen molar-refractivity contribution in [3.8, 4) is 22.6 Å². The number of nitrogens with one attached hydrogen (secondary N) is 2. The second kappa shape index (κ2) is 7.18. The van der Waals surface area contributed by atoms with Crippen LogP contribution in [0.2, 0.25) is 0 Å². The van der Waals surface area contributed by atoms with Gasteiger partial charge in [-0.15, -0.1) is 0 Å². The molecule has 7 nitrogen and oxygen atoms in total. The number of carbonyl (C=O) groups is 1. The van der Waals surface area contributed by atoms with E-state index in [1.54, 1.807) is 24.9 Å². The quantitative estimate of drug-likeness (QED) is 0.738. The number of ether oxygens (including phenoxy) is 2. The summed E-state index contributed by atoms with van der Waals surface area (Å²) >= 11 is 0. The first-order valence-corrected chi connectivity index (χ1v) is 8.15. The van der Waals surface area contributed by atoms with Gasteiger partial charge in [-0.3, -0.25) is 4.98 Å². The Kier molecular flexibility index (Phi) is 4.42. The van der Waals surface area contributed by atoms with Crippen LogP contribution in [0, 0.1) is 0 Å². The first kappa shape index (κ1) is 16.0. The molecule has 3 aromatic rings. The average molecular weight is 351 g/mol. The highest BCUT2D eigenvalue weighted by molar-refractivity contribution is 5.74. The summed E-state index contributed by atoms with van der Waals surface area (Å²) in [5.74, 6) is 1.43. The molecule has 0 bridgehead atoms. The Morgan fingerprint density at radius 1 is 0.962 bits per heavy atom. The third-order valence-electron chi connectivity index (χ3n) is 3.99. The fraction of sp³-hybridized carbons (Fsp3) is 0.158. The lowest BCUT2D eigenvalue weighted by Crippen LogP contribution is -2.34. The third-order valence-corrected chi connectivity index (χ3v) is 3.99. The normalized spacial score (nSPS) is 12.0. The highest BCUT2D eigenvalue weighted by atomic mass is 16.7. The van der Waals surface area contributed by atoms with Gasteiger partial charge in [-0.2, -0.15) is 0 Å². The Hall–Kier alpha value is -3.48. The second-order valence-electron chi connectivity index (χ2n) is 5.82. The third kappa shape index (κ3) is 3.61. The van der Waals surface area contributed by atoms with E-state index in [9.17, 15) is 4.79 Å². The van der Waals surface area contributed by atoms with Crippen molar-refractivity contribution in [3.63, 3.8) is 0 Å². The van der Waals surface area contributed by atoms with Crippen LogP contribution < -0.4 is 20.1 Å². The van der Waals surface area contributed by atoms with Crippen LogP contribution in [-0.2, 0) is 13.1 Å². The number of aromatic nitrogens is 1. The summed E-state index contributed by atoms with van der Waals surface area (Å²) < 4.78 is 15.7. The topological polar surface area (TPSA) is 85.6 Å². The van der Waals surface area contributed by atoms with Gasteiger partial charge < -0.3 is 24.5 Å². The maximum Gasteiger partial charge on any atom is 0.315 e. The zero-order valence-electron chi connectivity index (χ0n) is 13.9. The van der Waals surface area contributed by atoms with Gasteiger partial charge in [-0.25, -0.2) is 4.79 Å². The first-order chi connectivity index (χ1) is 12.8. The zero-order valence-corrected chi connectivity index (χ0v) is 13.9. The molecule has 2 aromatic heterocycles. The fourth-order valence-electron chi connectivity index (χ4n) is 2.65. The van der Waals surface area contributed by atoms with E-state index in [1.165, 1.54) is 0 Å². The van der Waals surface area contributed by atoms with Gasteiger partial charge in [0.25, 0.3) is 0 Å². The van der Waals surface area contributed by atoms with E-state index in [2.05, 4.69) is 15.6 Å². The van der Waals surface area contributed by atoms with Gasteiger partial charge in [0, 0.05) is 36.6 Å². The number of fused-ring (bicyclic) bond motifs is 1. The molecule has 7 heteroatoms. The molecular weight excluding hydrogens is 334 g/mol. The number of nitrogens with zero attached hydrogens (tertiary/aromatic N) is 1. The van der Waals surface area contributed by atoms with Crippen LogP contribution in [0.1, 0.15) is 11.1 Å². The largest absolute Gasteiger partial charge is 0.472 e. The number of amides is 2. The van der Waals surface area contributed by atoms with E-state index in [-0.39, 0.29) is 12.8 Å². The number of hydrogen-bond acceptors (Lipinski definition) is 5. The lowest BCUT2D eigenvalue weighted by molar-refractivity contribution is 0.174. The second-order valence-corrected chi connectivity index (χ2v) is 5.82. The van der Waals surface area contributed by atoms with Gasteiger partial charge in [-0.05, 0) is 35.4 Å². The predicted molar refractivity (Wildman–Crippen MR) is 93.6 cm³/mol. The number of furan rings is 1. The molecule has 3 heterocycles. The van der Waals surface area contributed by atoms with Crippen molar-refractivity contribution in [3.05, 3.63) is 66.4 Å². The smallest absolute Gasteiger partial charge is 0.315 e. The van der Waals surface area contributed by atoms with Crippen LogP contribution in [0.15, 0.2) is 59.7 Å². The Labute approximate surface area is 150 Å². The summed E-state index contributed by atoms with van der Waals surface area (Å²) in [6, 6.07) is 9.18. The number of hydrogen-bond donors (Lipinski definition) is 2. The van der Waals surface area contributed by atoms with Crippen LogP contribution in [0.3, 0.4) is 0 Å². The minimum atomic E-state index is -0.253. The molecule has 0 spiro atoms. The summed E-state index contributed by atoms with van der Waals surface area (Å²) in [6.45, 7) is 1.01. The summed E-state index contributed by atoms with van der Waals surface area (Å²) in [5, 5.41) is 5.65. The highest BCUT2D eigenvalue weighted by Crippen LogP contribution is 2.32. The Balaban J connectivity index is 1.30. The molecule has 26 heavy (non-hydrogen) atoms. The van der Waals surface area contributed by atoms with Gasteiger partial charge in [-0.1, -0.05) is 6.07 Å². The van der Waals surface area contributed by atoms with Gasteiger partial charge in [0.2, 0.25) is 6.79 Å². The van der Waals surface area contributed by atoms with E-state index in [4.69, 9.17) is 13.9 Å². The van der Waals surface area contributed by atoms with Gasteiger partial charge >= 0.3 is 6.03 Å². The molecule has 0 fully saturated rings. The van der Waals surface area contributed by atoms with Crippen LogP contribution in [-0.4, -0.2) is 17.8 Å². The molecule has 1 aromatic carbocycles. The van der Waals surface area contributed by atoms with Crippen LogP contribution in [0.5, 0.6) is 11.5 Å². The Morgan fingerprint density at radius 2 is 1.81 bits per heavy atom. The van der Waals surface area contributed by atoms with Crippen LogP contribution in [0.4, 0.5) is 4.79 Å². The molecule has 2 amide bonds. The number of benzene rings is 1. The lowest BCUT2D eigenvalue weighted by Gasteiger charge is -2.09. The summed E-state index contributed by atoms with van der Waals surface area (Å²) in [6.07, 6.45) is 6.76. The molecule has 0 atom stereocenters. The number of urea groups is 1. The summed E-state index contributed by atoms with van der Waals surface area (Å²) in [5.41, 5.74) is 3.74. The Morgan fingerprint density at radius 3 is 2.65 bits per heavy atom. The standard InChI is InChI=1S/C19H17N3O4/c23-19(21-8-13-1-2-17-18(6-13)26-12-25-17)22-9-14-5-16(10-20-7-14)15-3-4-24-11-15/h1-7,10-11H,8-9,12H2,(H2,21,22,23). The SMILES string of the molecule is O=C(NCc1cncc(-c2ccoc2)c1)NCc1ccc2c(c1)OCO2. The lowest BCUT2D eigenvalue weighted by atomic mass is 10.1. The van der Waals surface area contributed by atoms with E-state index in [1.807, 2.05) is 30.3 Å². The molecule has 0 radical (unpaired) electrons. The van der Waals surface area contributed by atoms with Crippen molar-refractivity contribution in [2.75, 3.05) is 6.79 Å². The van der Waals surface area contributed by atoms with Crippen molar-refractivity contribution in [1.29, 1.82) is 0 Å². The van der Waals surface area contributed by atoms with Crippen LogP contribution >= 0.6 is 0 Å². The van der Waals surface area contributed by atoms with Gasteiger partial charge in [0.1, 0.15) is 0 Å². The van der Waals surface area contributed by atoms with Crippen molar-refractivity contribution in [1.82, 2.24) is 15.6 Å². The highest BCUT2D eigenvalue weighted by Gasteiger charge is 2.13. The molecular formula is C19H17N3O4. The summed E-state index contributed by atoms with van der Waals surface area (Å²) in [7, 11) is 0. The number of carbonyl (C=O) groups excluding carboxylic acids is 1. The van der Waals surface area contributed by atoms with Crippen molar-refractivity contribution in [2.45, 2.75) is 13.1 Å². The molecule has 0 saturated carbocycles. The predicted octanol–water partition coefficient (Wildman–Crippen LogP) is 3.07. The number of pyridine rings is 1. The van der Waals surface area contributed by atoms with Gasteiger partial charge in [0.15, 0.2) is 11.5 Å². The van der Waals surface area contributed by atoms with E-state index in [0.29, 0.717) is 18.8 Å². The van der Waals surface area contributed by atoms with Crippen molar-refractivity contribution >= 4 is 6.03 Å². The van der Waals surface area contributed by atoms with E-state index < -0.39 is 0 Å². The maximum absolute atomic E-state index is 12.0. The summed E-state index contributed by atoms with van der Waals surface area (Å²) in [4.78, 5) is 16.2. The molecule has 1 aliphatic rings. The maximum atomic E-state index is 12.0. The average Bonchev–Trinajstić information content (AvgIpc) is 3.36. The monoisotopic (exact) mass is 351 g/mol. The zero-order chi connectivity index (χ0) is 17.8. The van der Waals surface area contributed by atoms with Crippen molar-refractivity contribution in [2.24, 2.45) is 0 Å². The molecule has 0 saturated heterocycles. The van der Waals surface area contributed by atoms with Crippen molar-refractivity contribution < 1.29 is 18.7 Å². The molecule has 4 rings (SSSR count). The first-order valence-electron chi connectivity index (χ1n) is 8.15. The van der Waals surface area contributed by atoms with E-state index in [0.717, 1.165) is 28.0 Å².